The number of carbonyl (C=O) groups is 1. The molecule has 0 spiro atoms. The van der Waals surface area contributed by atoms with E-state index in [1.54, 1.807) is 6.20 Å². The number of nitrogens with zero attached hydrogens (tertiary/aromatic N) is 3. The normalized spacial score (nSPS) is 14.6. The summed E-state index contributed by atoms with van der Waals surface area (Å²) in [6.07, 6.45) is 2.56. The van der Waals surface area contributed by atoms with Crippen LogP contribution in [0, 0.1) is 5.92 Å². The summed E-state index contributed by atoms with van der Waals surface area (Å²) in [6.45, 7) is 7.30. The summed E-state index contributed by atoms with van der Waals surface area (Å²) in [7, 11) is 0. The van der Waals surface area contributed by atoms with Gasteiger partial charge in [-0.2, -0.15) is 0 Å². The molecule has 0 aliphatic carbocycles. The maximum atomic E-state index is 12.1. The van der Waals surface area contributed by atoms with E-state index < -0.39 is 0 Å². The van der Waals surface area contributed by atoms with E-state index in [-0.39, 0.29) is 11.8 Å². The number of anilines is 4. The minimum Gasteiger partial charge on any atom is -0.378 e. The highest BCUT2D eigenvalue weighted by molar-refractivity contribution is 5.92. The minimum atomic E-state index is -0.00638. The first kappa shape index (κ1) is 21.8. The van der Waals surface area contributed by atoms with Crippen molar-refractivity contribution in [2.24, 2.45) is 5.92 Å². The van der Waals surface area contributed by atoms with Crippen LogP contribution in [0.5, 0.6) is 0 Å². The summed E-state index contributed by atoms with van der Waals surface area (Å²) < 4.78 is 5.42. The van der Waals surface area contributed by atoms with Crippen LogP contribution in [0.3, 0.4) is 0 Å². The van der Waals surface area contributed by atoms with E-state index in [4.69, 9.17) is 4.74 Å². The number of rotatable bonds is 7. The Morgan fingerprint density at radius 3 is 2.41 bits per heavy atom. The topological polar surface area (TPSA) is 79.4 Å². The highest BCUT2D eigenvalue weighted by atomic mass is 16.5. The molecule has 1 aliphatic rings. The van der Waals surface area contributed by atoms with Gasteiger partial charge in [0.1, 0.15) is 0 Å². The highest BCUT2D eigenvalue weighted by Gasteiger charge is 2.12. The van der Waals surface area contributed by atoms with E-state index in [0.29, 0.717) is 5.95 Å². The zero-order chi connectivity index (χ0) is 22.3. The van der Waals surface area contributed by atoms with Crippen LogP contribution in [0.2, 0.25) is 0 Å². The molecule has 1 fully saturated rings. The van der Waals surface area contributed by atoms with Crippen LogP contribution in [-0.4, -0.2) is 42.2 Å². The van der Waals surface area contributed by atoms with Crippen molar-refractivity contribution < 1.29 is 9.53 Å². The number of hydrogen-bond acceptors (Lipinski definition) is 6. The minimum absolute atomic E-state index is 0.00638. The lowest BCUT2D eigenvalue weighted by Crippen LogP contribution is -2.36. The van der Waals surface area contributed by atoms with E-state index >= 15 is 0 Å². The molecule has 2 aromatic carbocycles. The van der Waals surface area contributed by atoms with Crippen LogP contribution in [0.4, 0.5) is 23.0 Å². The standard InChI is InChI=1S/C25H29N5O2/c1-3-18(2)24(31)27-20-6-4-19(5-7-20)23-12-13-26-25(29-23)28-21-8-10-22(11-9-21)30-14-16-32-17-15-30/h4-13,18H,3,14-17H2,1-2H3,(H,27,31)(H,26,28,29). The van der Waals surface area contributed by atoms with Crippen molar-refractivity contribution in [1.29, 1.82) is 0 Å². The van der Waals surface area contributed by atoms with E-state index in [1.165, 1.54) is 5.69 Å². The average Bonchev–Trinajstić information content (AvgIpc) is 2.85. The Balaban J connectivity index is 1.41. The van der Waals surface area contributed by atoms with Crippen LogP contribution in [0.1, 0.15) is 20.3 Å². The molecule has 2 heterocycles. The lowest BCUT2D eigenvalue weighted by Gasteiger charge is -2.28. The first-order valence-electron chi connectivity index (χ1n) is 11.1. The van der Waals surface area contributed by atoms with Crippen molar-refractivity contribution in [2.75, 3.05) is 41.8 Å². The molecule has 1 saturated heterocycles. The monoisotopic (exact) mass is 431 g/mol. The predicted octanol–water partition coefficient (Wildman–Crippen LogP) is 4.71. The summed E-state index contributed by atoms with van der Waals surface area (Å²) in [5, 5.41) is 6.23. The second-order valence-corrected chi connectivity index (χ2v) is 7.91. The molecule has 7 nitrogen and oxygen atoms in total. The summed E-state index contributed by atoms with van der Waals surface area (Å²) >= 11 is 0. The molecule has 1 amide bonds. The lowest BCUT2D eigenvalue weighted by molar-refractivity contribution is -0.119. The van der Waals surface area contributed by atoms with Crippen LogP contribution in [0.25, 0.3) is 11.3 Å². The Kier molecular flexibility index (Phi) is 6.97. The molecule has 32 heavy (non-hydrogen) atoms. The maximum absolute atomic E-state index is 12.1. The van der Waals surface area contributed by atoms with Gasteiger partial charge < -0.3 is 20.3 Å². The van der Waals surface area contributed by atoms with Crippen molar-refractivity contribution in [3.05, 3.63) is 60.8 Å². The quantitative estimate of drug-likeness (QED) is 0.564. The van der Waals surface area contributed by atoms with Gasteiger partial charge in [0.2, 0.25) is 11.9 Å². The molecular formula is C25H29N5O2. The molecule has 166 valence electrons. The Morgan fingerprint density at radius 2 is 1.72 bits per heavy atom. The third-order valence-electron chi connectivity index (χ3n) is 5.66. The molecule has 0 bridgehead atoms. The van der Waals surface area contributed by atoms with E-state index in [0.717, 1.165) is 55.4 Å². The number of amides is 1. The summed E-state index contributed by atoms with van der Waals surface area (Å²) in [4.78, 5) is 23.4. The third kappa shape index (κ3) is 5.42. The number of nitrogens with one attached hydrogen (secondary N) is 2. The number of hydrogen-bond donors (Lipinski definition) is 2. The predicted molar refractivity (Wildman–Crippen MR) is 128 cm³/mol. The van der Waals surface area contributed by atoms with Gasteiger partial charge in [0.05, 0.1) is 18.9 Å². The van der Waals surface area contributed by atoms with Gasteiger partial charge in [-0.15, -0.1) is 0 Å². The third-order valence-corrected chi connectivity index (χ3v) is 5.66. The van der Waals surface area contributed by atoms with Gasteiger partial charge in [0.15, 0.2) is 0 Å². The summed E-state index contributed by atoms with van der Waals surface area (Å²) in [5.41, 5.74) is 4.68. The Labute approximate surface area is 188 Å². The van der Waals surface area contributed by atoms with Crippen molar-refractivity contribution >= 4 is 28.9 Å². The number of morpholine rings is 1. The van der Waals surface area contributed by atoms with Gasteiger partial charge in [0, 0.05) is 47.8 Å². The smallest absolute Gasteiger partial charge is 0.227 e. The van der Waals surface area contributed by atoms with Gasteiger partial charge in [-0.25, -0.2) is 9.97 Å². The van der Waals surface area contributed by atoms with Crippen molar-refractivity contribution in [2.45, 2.75) is 20.3 Å². The van der Waals surface area contributed by atoms with Crippen LogP contribution in [-0.2, 0) is 9.53 Å². The number of carbonyl (C=O) groups excluding carboxylic acids is 1. The maximum Gasteiger partial charge on any atom is 0.227 e. The van der Waals surface area contributed by atoms with Crippen LogP contribution in [0.15, 0.2) is 60.8 Å². The second kappa shape index (κ2) is 10.2. The average molecular weight is 432 g/mol. The Hall–Kier alpha value is -3.45. The van der Waals surface area contributed by atoms with E-state index in [9.17, 15) is 4.79 Å². The number of aromatic nitrogens is 2. The van der Waals surface area contributed by atoms with E-state index in [2.05, 4.69) is 37.6 Å². The van der Waals surface area contributed by atoms with Gasteiger partial charge in [-0.1, -0.05) is 26.0 Å². The van der Waals surface area contributed by atoms with Crippen LogP contribution >= 0.6 is 0 Å². The molecule has 4 rings (SSSR count). The molecule has 1 atom stereocenters. The SMILES string of the molecule is CCC(C)C(=O)Nc1ccc(-c2ccnc(Nc3ccc(N4CCOCC4)cc3)n2)cc1. The van der Waals surface area contributed by atoms with Gasteiger partial charge in [0.25, 0.3) is 0 Å². The van der Waals surface area contributed by atoms with Gasteiger partial charge in [-0.3, -0.25) is 4.79 Å². The Morgan fingerprint density at radius 1 is 1.03 bits per heavy atom. The van der Waals surface area contributed by atoms with Gasteiger partial charge >= 0.3 is 0 Å². The molecule has 2 N–H and O–H groups in total. The fraction of sp³-hybridized carbons (Fsp3) is 0.320. The first-order valence-corrected chi connectivity index (χ1v) is 11.1. The fourth-order valence-electron chi connectivity index (χ4n) is 3.46. The van der Waals surface area contributed by atoms with Crippen LogP contribution < -0.4 is 15.5 Å². The molecule has 1 aromatic heterocycles. The fourth-order valence-corrected chi connectivity index (χ4v) is 3.46. The number of benzene rings is 2. The lowest BCUT2D eigenvalue weighted by atomic mass is 10.1. The highest BCUT2D eigenvalue weighted by Crippen LogP contribution is 2.23. The molecular weight excluding hydrogens is 402 g/mol. The van der Waals surface area contributed by atoms with Crippen molar-refractivity contribution in [1.82, 2.24) is 9.97 Å². The second-order valence-electron chi connectivity index (χ2n) is 7.91. The Bertz CT molecular complexity index is 1030. The summed E-state index contributed by atoms with van der Waals surface area (Å²) in [5.74, 6) is 0.567. The van der Waals surface area contributed by atoms with Crippen molar-refractivity contribution in [3.63, 3.8) is 0 Å². The first-order chi connectivity index (χ1) is 15.6. The molecule has 1 unspecified atom stereocenters. The molecule has 0 radical (unpaired) electrons. The molecule has 7 heteroatoms. The number of ether oxygens (including phenoxy) is 1. The molecule has 3 aromatic rings. The van der Waals surface area contributed by atoms with Gasteiger partial charge in [-0.05, 0) is 48.9 Å². The zero-order valence-electron chi connectivity index (χ0n) is 18.5. The molecule has 1 aliphatic heterocycles. The summed E-state index contributed by atoms with van der Waals surface area (Å²) in [6, 6.07) is 17.9. The van der Waals surface area contributed by atoms with E-state index in [1.807, 2.05) is 56.3 Å². The van der Waals surface area contributed by atoms with Crippen molar-refractivity contribution in [3.8, 4) is 11.3 Å². The molecule has 0 saturated carbocycles. The largest absolute Gasteiger partial charge is 0.378 e. The zero-order valence-corrected chi connectivity index (χ0v) is 18.5.